The minimum Gasteiger partial charge on any atom is -0.348 e. The van der Waals surface area contributed by atoms with Crippen LogP contribution in [0.15, 0.2) is 73.1 Å². The molecular formula is C20H19N3O. The van der Waals surface area contributed by atoms with Crippen LogP contribution < -0.4 is 5.32 Å². The first-order chi connectivity index (χ1) is 11.7. The molecule has 1 N–H and O–H groups in total. The van der Waals surface area contributed by atoms with E-state index < -0.39 is 0 Å². The second-order valence-corrected chi connectivity index (χ2v) is 5.58. The number of hydrogen-bond acceptors (Lipinski definition) is 2. The fourth-order valence-electron chi connectivity index (χ4n) is 2.38. The first kappa shape index (κ1) is 15.7. The Kier molecular flexibility index (Phi) is 4.87. The number of benzene rings is 2. The lowest BCUT2D eigenvalue weighted by atomic mass is 10.1. The summed E-state index contributed by atoms with van der Waals surface area (Å²) in [5, 5.41) is 7.08. The highest BCUT2D eigenvalue weighted by atomic mass is 16.1. The smallest absolute Gasteiger partial charge is 0.244 e. The lowest BCUT2D eigenvalue weighted by Gasteiger charge is -2.05. The van der Waals surface area contributed by atoms with E-state index in [0.29, 0.717) is 6.54 Å². The molecule has 3 aromatic rings. The van der Waals surface area contributed by atoms with Crippen molar-refractivity contribution < 1.29 is 4.79 Å². The third-order valence-electron chi connectivity index (χ3n) is 3.64. The van der Waals surface area contributed by atoms with Crippen LogP contribution in [0.2, 0.25) is 0 Å². The predicted molar refractivity (Wildman–Crippen MR) is 95.6 cm³/mol. The van der Waals surface area contributed by atoms with Gasteiger partial charge in [-0.2, -0.15) is 5.10 Å². The van der Waals surface area contributed by atoms with Gasteiger partial charge >= 0.3 is 0 Å². The van der Waals surface area contributed by atoms with Crippen LogP contribution in [0.3, 0.4) is 0 Å². The molecule has 0 aliphatic heterocycles. The van der Waals surface area contributed by atoms with Crippen LogP contribution in [-0.4, -0.2) is 15.7 Å². The predicted octanol–water partition coefficient (Wildman–Crippen LogP) is 3.51. The second-order valence-electron chi connectivity index (χ2n) is 5.58. The van der Waals surface area contributed by atoms with Gasteiger partial charge in [0.05, 0.1) is 5.69 Å². The van der Waals surface area contributed by atoms with Crippen LogP contribution in [0.5, 0.6) is 0 Å². The van der Waals surface area contributed by atoms with Crippen molar-refractivity contribution in [2.75, 3.05) is 0 Å². The highest BCUT2D eigenvalue weighted by Crippen LogP contribution is 2.09. The normalized spacial score (nSPS) is 10.9. The number of nitrogens with one attached hydrogen (secondary N) is 1. The minimum atomic E-state index is -0.104. The van der Waals surface area contributed by atoms with Gasteiger partial charge in [0.2, 0.25) is 5.91 Å². The van der Waals surface area contributed by atoms with E-state index in [1.807, 2.05) is 73.8 Å². The van der Waals surface area contributed by atoms with Gasteiger partial charge in [-0.05, 0) is 42.3 Å². The largest absolute Gasteiger partial charge is 0.348 e. The van der Waals surface area contributed by atoms with E-state index in [1.54, 1.807) is 17.0 Å². The minimum absolute atomic E-state index is 0.104. The molecule has 3 rings (SSSR count). The molecule has 1 heterocycles. The molecule has 0 spiro atoms. The number of carbonyl (C=O) groups is 1. The van der Waals surface area contributed by atoms with E-state index in [4.69, 9.17) is 0 Å². The van der Waals surface area contributed by atoms with Crippen LogP contribution in [0.25, 0.3) is 11.8 Å². The topological polar surface area (TPSA) is 46.9 Å². The number of carbonyl (C=O) groups excluding carboxylic acids is 1. The van der Waals surface area contributed by atoms with E-state index in [9.17, 15) is 4.79 Å². The summed E-state index contributed by atoms with van der Waals surface area (Å²) in [7, 11) is 0. The molecule has 2 aromatic carbocycles. The molecule has 0 aliphatic carbocycles. The Morgan fingerprint density at radius 2 is 2.00 bits per heavy atom. The third kappa shape index (κ3) is 4.20. The quantitative estimate of drug-likeness (QED) is 0.732. The van der Waals surface area contributed by atoms with E-state index in [2.05, 4.69) is 10.4 Å². The Balaban J connectivity index is 1.54. The maximum absolute atomic E-state index is 11.9. The molecule has 0 saturated heterocycles. The van der Waals surface area contributed by atoms with Gasteiger partial charge in [0.15, 0.2) is 0 Å². The molecule has 0 bridgehead atoms. The SMILES string of the molecule is Cc1cccc(C=CC(=O)NCc2ccc(-n3cccn3)cc2)c1. The summed E-state index contributed by atoms with van der Waals surface area (Å²) in [4.78, 5) is 11.9. The van der Waals surface area contributed by atoms with Gasteiger partial charge in [0.25, 0.3) is 0 Å². The van der Waals surface area contributed by atoms with Crippen molar-refractivity contribution in [3.8, 4) is 5.69 Å². The zero-order chi connectivity index (χ0) is 16.8. The highest BCUT2D eigenvalue weighted by Gasteiger charge is 1.99. The average molecular weight is 317 g/mol. The van der Waals surface area contributed by atoms with Crippen molar-refractivity contribution in [1.29, 1.82) is 0 Å². The van der Waals surface area contributed by atoms with Gasteiger partial charge in [0.1, 0.15) is 0 Å². The zero-order valence-corrected chi connectivity index (χ0v) is 13.5. The lowest BCUT2D eigenvalue weighted by molar-refractivity contribution is -0.116. The van der Waals surface area contributed by atoms with Crippen LogP contribution >= 0.6 is 0 Å². The van der Waals surface area contributed by atoms with E-state index in [0.717, 1.165) is 16.8 Å². The maximum Gasteiger partial charge on any atom is 0.244 e. The third-order valence-corrected chi connectivity index (χ3v) is 3.64. The summed E-state index contributed by atoms with van der Waals surface area (Å²) in [6, 6.07) is 17.9. The highest BCUT2D eigenvalue weighted by molar-refractivity contribution is 5.91. The number of nitrogens with zero attached hydrogens (tertiary/aromatic N) is 2. The van der Waals surface area contributed by atoms with Crippen LogP contribution in [0.1, 0.15) is 16.7 Å². The van der Waals surface area contributed by atoms with Gasteiger partial charge in [-0.3, -0.25) is 4.79 Å². The fraction of sp³-hybridized carbons (Fsp3) is 0.100. The molecule has 4 nitrogen and oxygen atoms in total. The number of aryl methyl sites for hydroxylation is 1. The lowest BCUT2D eigenvalue weighted by Crippen LogP contribution is -2.20. The molecule has 0 atom stereocenters. The van der Waals surface area contributed by atoms with Crippen LogP contribution in [0, 0.1) is 6.92 Å². The van der Waals surface area contributed by atoms with E-state index in [-0.39, 0.29) is 5.91 Å². The first-order valence-electron chi connectivity index (χ1n) is 7.82. The fourth-order valence-corrected chi connectivity index (χ4v) is 2.38. The van der Waals surface area contributed by atoms with Gasteiger partial charge in [0, 0.05) is 25.0 Å². The Morgan fingerprint density at radius 3 is 2.71 bits per heavy atom. The number of amides is 1. The maximum atomic E-state index is 11.9. The molecule has 0 unspecified atom stereocenters. The Bertz CT molecular complexity index is 834. The number of hydrogen-bond donors (Lipinski definition) is 1. The van der Waals surface area contributed by atoms with Crippen molar-refractivity contribution in [3.63, 3.8) is 0 Å². The first-order valence-corrected chi connectivity index (χ1v) is 7.82. The molecule has 0 radical (unpaired) electrons. The number of aromatic nitrogens is 2. The summed E-state index contributed by atoms with van der Waals surface area (Å²) in [6.45, 7) is 2.53. The molecule has 0 saturated carbocycles. The van der Waals surface area contributed by atoms with Gasteiger partial charge in [-0.25, -0.2) is 4.68 Å². The Hall–Kier alpha value is -3.14. The summed E-state index contributed by atoms with van der Waals surface area (Å²) >= 11 is 0. The molecule has 1 amide bonds. The summed E-state index contributed by atoms with van der Waals surface area (Å²) < 4.78 is 1.80. The van der Waals surface area contributed by atoms with Gasteiger partial charge in [-0.1, -0.05) is 42.0 Å². The van der Waals surface area contributed by atoms with Crippen molar-refractivity contribution >= 4 is 12.0 Å². The summed E-state index contributed by atoms with van der Waals surface area (Å²) in [6.07, 6.45) is 7.03. The van der Waals surface area contributed by atoms with Crippen molar-refractivity contribution in [2.24, 2.45) is 0 Å². The zero-order valence-electron chi connectivity index (χ0n) is 13.5. The average Bonchev–Trinajstić information content (AvgIpc) is 3.13. The monoisotopic (exact) mass is 317 g/mol. The summed E-state index contributed by atoms with van der Waals surface area (Å²) in [5.74, 6) is -0.104. The Labute approximate surface area is 141 Å². The summed E-state index contributed by atoms with van der Waals surface area (Å²) in [5.41, 5.74) is 4.24. The molecular weight excluding hydrogens is 298 g/mol. The van der Waals surface area contributed by atoms with Gasteiger partial charge in [-0.15, -0.1) is 0 Å². The second kappa shape index (κ2) is 7.42. The van der Waals surface area contributed by atoms with Crippen molar-refractivity contribution in [3.05, 3.63) is 89.8 Å². The number of rotatable bonds is 5. The van der Waals surface area contributed by atoms with Crippen LogP contribution in [-0.2, 0) is 11.3 Å². The molecule has 0 fully saturated rings. The van der Waals surface area contributed by atoms with E-state index in [1.165, 1.54) is 5.56 Å². The molecule has 4 heteroatoms. The molecule has 0 aliphatic rings. The van der Waals surface area contributed by atoms with Crippen molar-refractivity contribution in [1.82, 2.24) is 15.1 Å². The van der Waals surface area contributed by atoms with Crippen LogP contribution in [0.4, 0.5) is 0 Å². The Morgan fingerprint density at radius 1 is 1.17 bits per heavy atom. The molecule has 24 heavy (non-hydrogen) atoms. The molecule has 120 valence electrons. The van der Waals surface area contributed by atoms with E-state index >= 15 is 0 Å². The van der Waals surface area contributed by atoms with Gasteiger partial charge < -0.3 is 5.32 Å². The standard InChI is InChI=1S/C20H19N3O/c1-16-4-2-5-17(14-16)8-11-20(24)21-15-18-6-9-19(10-7-18)23-13-3-12-22-23/h2-14H,15H2,1H3,(H,21,24). The van der Waals surface area contributed by atoms with Crippen molar-refractivity contribution in [2.45, 2.75) is 13.5 Å². The molecule has 1 aromatic heterocycles.